The van der Waals surface area contributed by atoms with E-state index >= 15 is 0 Å². The van der Waals surface area contributed by atoms with E-state index in [-0.39, 0.29) is 5.78 Å². The summed E-state index contributed by atoms with van der Waals surface area (Å²) in [4.78, 5) is 36.5. The molecular weight excluding hydrogens is 348 g/mol. The van der Waals surface area contributed by atoms with E-state index in [0.29, 0.717) is 0 Å². The molecule has 7 heteroatoms. The van der Waals surface area contributed by atoms with E-state index in [1.54, 1.807) is 47.6 Å². The first-order valence-electron chi connectivity index (χ1n) is 8.62. The molecule has 1 aromatic carbocycles. The number of nitrogens with zero attached hydrogens (tertiary/aromatic N) is 1. The van der Waals surface area contributed by atoms with Gasteiger partial charge in [-0.1, -0.05) is 36.4 Å². The van der Waals surface area contributed by atoms with Crippen LogP contribution in [0.3, 0.4) is 0 Å². The summed E-state index contributed by atoms with van der Waals surface area (Å²) in [5, 5.41) is 0.803. The normalized spacial score (nSPS) is 11.8. The van der Waals surface area contributed by atoms with Crippen molar-refractivity contribution in [3.8, 4) is 0 Å². The third-order valence-electron chi connectivity index (χ3n) is 2.81. The molecule has 0 heterocycles. The fourth-order valence-corrected chi connectivity index (χ4v) is 1.84. The largest absolute Gasteiger partial charge is 0.443 e. The highest BCUT2D eigenvalue weighted by atomic mass is 16.6. The van der Waals surface area contributed by atoms with Crippen molar-refractivity contribution in [3.63, 3.8) is 0 Å². The van der Waals surface area contributed by atoms with Crippen molar-refractivity contribution in [2.24, 2.45) is 0 Å². The zero-order chi connectivity index (χ0) is 20.7. The van der Waals surface area contributed by atoms with Gasteiger partial charge in [0.2, 0.25) is 0 Å². The highest BCUT2D eigenvalue weighted by Crippen LogP contribution is 2.11. The van der Waals surface area contributed by atoms with Crippen LogP contribution in [0.4, 0.5) is 9.59 Å². The van der Waals surface area contributed by atoms with Crippen molar-refractivity contribution in [3.05, 3.63) is 42.0 Å². The average Bonchev–Trinajstić information content (AvgIpc) is 2.50. The maximum absolute atomic E-state index is 12.3. The average molecular weight is 376 g/mol. The van der Waals surface area contributed by atoms with Crippen molar-refractivity contribution in [2.45, 2.75) is 52.7 Å². The molecule has 148 valence electrons. The lowest BCUT2D eigenvalue weighted by Crippen LogP contribution is -2.51. The van der Waals surface area contributed by atoms with E-state index in [1.165, 1.54) is 6.08 Å². The molecule has 7 nitrogen and oxygen atoms in total. The van der Waals surface area contributed by atoms with E-state index in [0.717, 1.165) is 10.6 Å². The van der Waals surface area contributed by atoms with Gasteiger partial charge in [0.25, 0.3) is 0 Å². The molecule has 1 rings (SSSR count). The Labute approximate surface area is 160 Å². The lowest BCUT2D eigenvalue weighted by molar-refractivity contribution is -0.116. The van der Waals surface area contributed by atoms with E-state index in [1.807, 2.05) is 30.3 Å². The molecule has 27 heavy (non-hydrogen) atoms. The smallest absolute Gasteiger partial charge is 0.429 e. The standard InChI is InChI=1S/C20H28N2O5/c1-19(2,3)26-17(24)21-22(18(25)27-20(4,5)6)14-16(23)13-12-15-10-8-7-9-11-15/h7-13H,14H2,1-6H3,(H,21,24)/b13-12+. The predicted molar refractivity (Wildman–Crippen MR) is 103 cm³/mol. The molecular formula is C20H28N2O5. The van der Waals surface area contributed by atoms with Gasteiger partial charge in [-0.05, 0) is 53.2 Å². The number of carbonyl (C=O) groups excluding carboxylic acids is 3. The number of benzene rings is 1. The maximum atomic E-state index is 12.3. The van der Waals surface area contributed by atoms with Gasteiger partial charge < -0.3 is 9.47 Å². The first-order valence-corrected chi connectivity index (χ1v) is 8.62. The molecule has 1 N–H and O–H groups in total. The first-order chi connectivity index (χ1) is 12.4. The van der Waals surface area contributed by atoms with Crippen LogP contribution in [-0.2, 0) is 14.3 Å². The lowest BCUT2D eigenvalue weighted by atomic mass is 10.2. The van der Waals surface area contributed by atoms with E-state index in [2.05, 4.69) is 5.43 Å². The minimum absolute atomic E-state index is 0.388. The van der Waals surface area contributed by atoms with Gasteiger partial charge >= 0.3 is 12.2 Å². The molecule has 0 fully saturated rings. The minimum Gasteiger partial charge on any atom is -0.443 e. The lowest BCUT2D eigenvalue weighted by Gasteiger charge is -2.28. The van der Waals surface area contributed by atoms with Gasteiger partial charge in [0.05, 0.1) is 0 Å². The summed E-state index contributed by atoms with van der Waals surface area (Å²) in [6.45, 7) is 9.75. The molecule has 0 bridgehead atoms. The summed E-state index contributed by atoms with van der Waals surface area (Å²) < 4.78 is 10.4. The number of hydrogen-bond donors (Lipinski definition) is 1. The Balaban J connectivity index is 2.83. The molecule has 0 spiro atoms. The van der Waals surface area contributed by atoms with Gasteiger partial charge in [-0.15, -0.1) is 0 Å². The number of hydrogen-bond acceptors (Lipinski definition) is 5. The van der Waals surface area contributed by atoms with Gasteiger partial charge in [-0.3, -0.25) is 4.79 Å². The zero-order valence-electron chi connectivity index (χ0n) is 16.7. The monoisotopic (exact) mass is 376 g/mol. The second kappa shape index (κ2) is 9.21. The molecule has 0 radical (unpaired) electrons. The second-order valence-electron chi connectivity index (χ2n) is 7.89. The van der Waals surface area contributed by atoms with Gasteiger partial charge in [-0.2, -0.15) is 0 Å². The summed E-state index contributed by atoms with van der Waals surface area (Å²) in [5.74, 6) is -0.388. The van der Waals surface area contributed by atoms with Crippen LogP contribution in [0.25, 0.3) is 6.08 Å². The molecule has 0 aliphatic carbocycles. The van der Waals surface area contributed by atoms with E-state index < -0.39 is 29.9 Å². The number of hydrazine groups is 1. The molecule has 0 unspecified atom stereocenters. The quantitative estimate of drug-likeness (QED) is 0.635. The highest BCUT2D eigenvalue weighted by molar-refractivity contribution is 5.96. The third kappa shape index (κ3) is 10.0. The number of ether oxygens (including phenoxy) is 2. The molecule has 2 amide bonds. The van der Waals surface area contributed by atoms with Crippen molar-refractivity contribution < 1.29 is 23.9 Å². The van der Waals surface area contributed by atoms with Gasteiger partial charge in [0.15, 0.2) is 5.78 Å². The van der Waals surface area contributed by atoms with Crippen molar-refractivity contribution in [2.75, 3.05) is 6.54 Å². The summed E-state index contributed by atoms with van der Waals surface area (Å²) in [5.41, 5.74) is 1.58. The van der Waals surface area contributed by atoms with Crippen LogP contribution in [0, 0.1) is 0 Å². The molecule has 0 aromatic heterocycles. The first kappa shape index (κ1) is 22.2. The van der Waals surface area contributed by atoms with Gasteiger partial charge in [-0.25, -0.2) is 20.0 Å². The van der Waals surface area contributed by atoms with Gasteiger partial charge in [0, 0.05) is 0 Å². The highest BCUT2D eigenvalue weighted by Gasteiger charge is 2.27. The number of ketones is 1. The maximum Gasteiger partial charge on any atom is 0.429 e. The summed E-state index contributed by atoms with van der Waals surface area (Å²) >= 11 is 0. The van der Waals surface area contributed by atoms with Crippen LogP contribution in [0.5, 0.6) is 0 Å². The van der Waals surface area contributed by atoms with E-state index in [4.69, 9.17) is 9.47 Å². The number of rotatable bonds is 4. The Bertz CT molecular complexity index is 685. The fraction of sp³-hybridized carbons (Fsp3) is 0.450. The van der Waals surface area contributed by atoms with Crippen molar-refractivity contribution in [1.82, 2.24) is 10.4 Å². The van der Waals surface area contributed by atoms with Crippen LogP contribution in [-0.4, -0.2) is 40.7 Å². The topological polar surface area (TPSA) is 84.9 Å². The Hall–Kier alpha value is -2.83. The molecule has 1 aromatic rings. The van der Waals surface area contributed by atoms with Gasteiger partial charge in [0.1, 0.15) is 17.7 Å². The summed E-state index contributed by atoms with van der Waals surface area (Å²) in [6.07, 6.45) is 1.26. The zero-order valence-corrected chi connectivity index (χ0v) is 16.7. The van der Waals surface area contributed by atoms with Crippen LogP contribution in [0.2, 0.25) is 0 Å². The molecule has 0 atom stereocenters. The number of nitrogens with one attached hydrogen (secondary N) is 1. The van der Waals surface area contributed by atoms with Crippen molar-refractivity contribution in [1.29, 1.82) is 0 Å². The van der Waals surface area contributed by atoms with Crippen LogP contribution >= 0.6 is 0 Å². The predicted octanol–water partition coefficient (Wildman–Crippen LogP) is 3.95. The number of carbonyl (C=O) groups is 3. The molecule has 0 aliphatic heterocycles. The summed E-state index contributed by atoms with van der Waals surface area (Å²) in [7, 11) is 0. The molecule has 0 aliphatic rings. The number of amides is 2. The third-order valence-corrected chi connectivity index (χ3v) is 2.81. The van der Waals surface area contributed by atoms with E-state index in [9.17, 15) is 14.4 Å². The Morgan fingerprint density at radius 3 is 2.04 bits per heavy atom. The van der Waals surface area contributed by atoms with Crippen molar-refractivity contribution >= 4 is 24.0 Å². The Morgan fingerprint density at radius 1 is 0.963 bits per heavy atom. The fourth-order valence-electron chi connectivity index (χ4n) is 1.84. The van der Waals surface area contributed by atoms with Crippen LogP contribution < -0.4 is 5.43 Å². The SMILES string of the molecule is CC(C)(C)OC(=O)NN(CC(=O)/C=C/c1ccccc1)C(=O)OC(C)(C)C. The van der Waals surface area contributed by atoms with Crippen LogP contribution in [0.1, 0.15) is 47.1 Å². The van der Waals surface area contributed by atoms with Crippen LogP contribution in [0.15, 0.2) is 36.4 Å². The second-order valence-corrected chi connectivity index (χ2v) is 7.89. The molecule has 0 saturated heterocycles. The minimum atomic E-state index is -0.854. The summed E-state index contributed by atoms with van der Waals surface area (Å²) in [6, 6.07) is 9.25. The Kier molecular flexibility index (Phi) is 7.57. The molecule has 0 saturated carbocycles. The Morgan fingerprint density at radius 2 is 1.52 bits per heavy atom.